The van der Waals surface area contributed by atoms with E-state index in [1.165, 1.54) is 17.9 Å². The van der Waals surface area contributed by atoms with Gasteiger partial charge in [-0.2, -0.15) is 0 Å². The molecule has 0 amide bonds. The van der Waals surface area contributed by atoms with Gasteiger partial charge in [0.1, 0.15) is 17.7 Å². The molecule has 0 radical (unpaired) electrons. The van der Waals surface area contributed by atoms with Crippen LogP contribution in [0.1, 0.15) is 24.2 Å². The Hall–Kier alpha value is -2.36. The molecular weight excluding hydrogens is 332 g/mol. The summed E-state index contributed by atoms with van der Waals surface area (Å²) in [4.78, 5) is 37.0. The maximum atomic E-state index is 12.5. The molecular formula is C14H20N6O3S. The zero-order valence-electron chi connectivity index (χ0n) is 14.0. The first kappa shape index (κ1) is 18.0. The van der Waals surface area contributed by atoms with E-state index in [1.807, 2.05) is 13.8 Å². The molecule has 0 aliphatic heterocycles. The number of rotatable bonds is 6. The van der Waals surface area contributed by atoms with Crippen molar-refractivity contribution in [2.45, 2.75) is 25.5 Å². The molecule has 0 saturated heterocycles. The van der Waals surface area contributed by atoms with Gasteiger partial charge in [0.25, 0.3) is 5.56 Å². The van der Waals surface area contributed by atoms with Gasteiger partial charge in [-0.3, -0.25) is 18.7 Å². The van der Waals surface area contributed by atoms with E-state index in [0.29, 0.717) is 11.7 Å². The van der Waals surface area contributed by atoms with Crippen LogP contribution in [0.4, 0.5) is 5.82 Å². The normalized spacial score (nSPS) is 11.2. The van der Waals surface area contributed by atoms with Gasteiger partial charge in [0.05, 0.1) is 5.75 Å². The molecule has 0 saturated carbocycles. The Morgan fingerprint density at radius 3 is 2.54 bits per heavy atom. The molecule has 0 spiro atoms. The molecule has 0 bridgehead atoms. The Kier molecular flexibility index (Phi) is 5.27. The number of carbonyl (C=O) groups is 1. The van der Waals surface area contributed by atoms with E-state index < -0.39 is 17.0 Å². The first-order chi connectivity index (χ1) is 11.2. The lowest BCUT2D eigenvalue weighted by Gasteiger charge is -2.16. The molecule has 24 heavy (non-hydrogen) atoms. The van der Waals surface area contributed by atoms with Gasteiger partial charge in [-0.25, -0.2) is 4.79 Å². The molecule has 0 fully saturated rings. The smallest absolute Gasteiger partial charge is 0.332 e. The monoisotopic (exact) mass is 352 g/mol. The highest BCUT2D eigenvalue weighted by molar-refractivity contribution is 7.99. The average Bonchev–Trinajstić information content (AvgIpc) is 2.92. The van der Waals surface area contributed by atoms with Crippen molar-refractivity contribution in [2.24, 2.45) is 20.0 Å². The van der Waals surface area contributed by atoms with Gasteiger partial charge in [-0.15, -0.1) is 10.2 Å². The average molecular weight is 352 g/mol. The summed E-state index contributed by atoms with van der Waals surface area (Å²) in [7, 11) is 3.09. The molecule has 0 unspecified atom stereocenters. The zero-order chi connectivity index (χ0) is 18.0. The molecule has 0 atom stereocenters. The third-order valence-electron chi connectivity index (χ3n) is 3.41. The maximum absolute atomic E-state index is 12.5. The minimum Gasteiger partial charge on any atom is -0.384 e. The Bertz CT molecular complexity index is 880. The summed E-state index contributed by atoms with van der Waals surface area (Å²) in [6, 6.07) is 0. The number of carbonyl (C=O) groups excluding carboxylic acids is 1. The van der Waals surface area contributed by atoms with Crippen LogP contribution in [0.2, 0.25) is 0 Å². The number of anilines is 1. The van der Waals surface area contributed by atoms with Gasteiger partial charge in [0.15, 0.2) is 10.9 Å². The largest absolute Gasteiger partial charge is 0.384 e. The van der Waals surface area contributed by atoms with Crippen LogP contribution < -0.4 is 17.0 Å². The van der Waals surface area contributed by atoms with Crippen LogP contribution in [0, 0.1) is 5.92 Å². The Labute approximate surface area is 142 Å². The number of thioether (sulfide) groups is 1. The van der Waals surface area contributed by atoms with Crippen molar-refractivity contribution < 1.29 is 4.79 Å². The van der Waals surface area contributed by atoms with Crippen LogP contribution in [0.3, 0.4) is 0 Å². The lowest BCUT2D eigenvalue weighted by atomic mass is 10.2. The summed E-state index contributed by atoms with van der Waals surface area (Å²) in [5, 5.41) is 8.14. The third-order valence-corrected chi connectivity index (χ3v) is 4.45. The lowest BCUT2D eigenvalue weighted by Crippen LogP contribution is -2.43. The molecule has 2 aromatic heterocycles. The Morgan fingerprint density at radius 2 is 2.00 bits per heavy atom. The molecule has 0 aliphatic rings. The van der Waals surface area contributed by atoms with Gasteiger partial charge in [0.2, 0.25) is 0 Å². The van der Waals surface area contributed by atoms with Crippen molar-refractivity contribution in [2.75, 3.05) is 11.5 Å². The summed E-state index contributed by atoms with van der Waals surface area (Å²) in [6.45, 7) is 4.17. The third kappa shape index (κ3) is 3.42. The number of hydrogen-bond acceptors (Lipinski definition) is 7. The molecule has 0 aliphatic carbocycles. The van der Waals surface area contributed by atoms with Crippen LogP contribution in [0.25, 0.3) is 0 Å². The Morgan fingerprint density at radius 1 is 1.33 bits per heavy atom. The van der Waals surface area contributed by atoms with E-state index >= 15 is 0 Å². The predicted octanol–water partition coefficient (Wildman–Crippen LogP) is -0.111. The zero-order valence-corrected chi connectivity index (χ0v) is 14.8. The molecule has 2 heterocycles. The number of aromatic nitrogens is 5. The summed E-state index contributed by atoms with van der Waals surface area (Å²) >= 11 is 1.15. The number of aryl methyl sites for hydroxylation is 1. The fraction of sp³-hybridized carbons (Fsp3) is 0.500. The highest BCUT2D eigenvalue weighted by Crippen LogP contribution is 2.17. The van der Waals surface area contributed by atoms with Gasteiger partial charge in [-0.05, 0) is 5.92 Å². The first-order valence-electron chi connectivity index (χ1n) is 7.33. The van der Waals surface area contributed by atoms with Crippen molar-refractivity contribution >= 4 is 23.4 Å². The lowest BCUT2D eigenvalue weighted by molar-refractivity contribution is 0.102. The molecule has 2 N–H and O–H groups in total. The van der Waals surface area contributed by atoms with Crippen molar-refractivity contribution in [3.63, 3.8) is 0 Å². The number of Topliss-reactive ketones (excluding diaryl/α,β-unsaturated/α-hetero) is 1. The van der Waals surface area contributed by atoms with Crippen molar-refractivity contribution in [1.29, 1.82) is 0 Å². The van der Waals surface area contributed by atoms with Gasteiger partial charge in [0, 0.05) is 20.6 Å². The van der Waals surface area contributed by atoms with Crippen LogP contribution in [-0.4, -0.2) is 35.4 Å². The van der Waals surface area contributed by atoms with Crippen LogP contribution in [0.5, 0.6) is 0 Å². The number of ketones is 1. The van der Waals surface area contributed by atoms with Crippen LogP contribution in [0.15, 0.2) is 21.1 Å². The van der Waals surface area contributed by atoms with Gasteiger partial charge < -0.3 is 10.3 Å². The maximum Gasteiger partial charge on any atom is 0.332 e. The molecule has 130 valence electrons. The quantitative estimate of drug-likeness (QED) is 0.569. The van der Waals surface area contributed by atoms with E-state index in [0.717, 1.165) is 16.3 Å². The molecule has 0 aromatic carbocycles. The second-order valence-electron chi connectivity index (χ2n) is 5.85. The summed E-state index contributed by atoms with van der Waals surface area (Å²) in [5.74, 6) is -0.413. The number of hydrogen-bond donors (Lipinski definition) is 1. The second-order valence-corrected chi connectivity index (χ2v) is 6.79. The second kappa shape index (κ2) is 7.04. The molecule has 2 aromatic rings. The van der Waals surface area contributed by atoms with Crippen molar-refractivity contribution in [1.82, 2.24) is 23.9 Å². The molecule has 10 heteroatoms. The topological polar surface area (TPSA) is 118 Å². The van der Waals surface area contributed by atoms with E-state index in [1.54, 1.807) is 11.6 Å². The first-order valence-corrected chi connectivity index (χ1v) is 8.31. The summed E-state index contributed by atoms with van der Waals surface area (Å²) < 4.78 is 3.85. The molecule has 9 nitrogen and oxygen atoms in total. The Balaban J connectivity index is 2.40. The highest BCUT2D eigenvalue weighted by Gasteiger charge is 2.22. The SMILES string of the molecule is CC(C)Cn1c(N)c(C(=O)CSc2nncn2C)c(=O)n(C)c1=O. The highest BCUT2D eigenvalue weighted by atomic mass is 32.2. The van der Waals surface area contributed by atoms with Gasteiger partial charge >= 0.3 is 5.69 Å². The summed E-state index contributed by atoms with van der Waals surface area (Å²) in [5.41, 5.74) is 4.60. The number of nitrogen functional groups attached to an aromatic ring is 1. The van der Waals surface area contributed by atoms with E-state index in [4.69, 9.17) is 5.73 Å². The van der Waals surface area contributed by atoms with E-state index in [-0.39, 0.29) is 23.1 Å². The fourth-order valence-corrected chi connectivity index (χ4v) is 2.95. The number of nitrogens with two attached hydrogens (primary N) is 1. The fourth-order valence-electron chi connectivity index (χ4n) is 2.19. The van der Waals surface area contributed by atoms with E-state index in [9.17, 15) is 14.4 Å². The predicted molar refractivity (Wildman–Crippen MR) is 91.3 cm³/mol. The minimum atomic E-state index is -0.680. The van der Waals surface area contributed by atoms with E-state index in [2.05, 4.69) is 10.2 Å². The van der Waals surface area contributed by atoms with Crippen LogP contribution >= 0.6 is 11.8 Å². The minimum absolute atomic E-state index is 0.0220. The molecule has 2 rings (SSSR count). The van der Waals surface area contributed by atoms with Crippen LogP contribution in [-0.2, 0) is 20.6 Å². The summed E-state index contributed by atoms with van der Waals surface area (Å²) in [6.07, 6.45) is 1.52. The van der Waals surface area contributed by atoms with Crippen molar-refractivity contribution in [3.8, 4) is 0 Å². The number of nitrogens with zero attached hydrogens (tertiary/aromatic N) is 5. The van der Waals surface area contributed by atoms with Gasteiger partial charge in [-0.1, -0.05) is 25.6 Å². The van der Waals surface area contributed by atoms with Crippen molar-refractivity contribution in [3.05, 3.63) is 32.7 Å². The standard InChI is InChI=1S/C14H20N6O3S/c1-8(2)5-20-11(15)10(12(22)19(4)14(20)23)9(21)6-24-13-17-16-7-18(13)3/h7-8H,5-6,15H2,1-4H3.